The van der Waals surface area contributed by atoms with Gasteiger partial charge in [-0.05, 0) is 12.8 Å². The van der Waals surface area contributed by atoms with Crippen molar-refractivity contribution in [3.8, 4) is 0 Å². The Morgan fingerprint density at radius 3 is 2.78 bits per heavy atom. The van der Waals surface area contributed by atoms with Gasteiger partial charge < -0.3 is 4.74 Å². The largest absolute Gasteiger partial charge is 0.501 e. The first kappa shape index (κ1) is 8.28. The highest BCUT2D eigenvalue weighted by Gasteiger charge is 1.75. The molecule has 0 atom stereocenters. The molecule has 0 amide bonds. The Bertz CT molecular complexity index is 84.6. The molecule has 0 aromatic heterocycles. The SMILES string of the molecule is C=COCC/C=C\CC. The van der Waals surface area contributed by atoms with Gasteiger partial charge in [0.1, 0.15) is 0 Å². The molecule has 0 fully saturated rings. The fourth-order valence-electron chi connectivity index (χ4n) is 0.504. The van der Waals surface area contributed by atoms with Gasteiger partial charge >= 0.3 is 0 Å². The van der Waals surface area contributed by atoms with Crippen LogP contribution in [0.5, 0.6) is 0 Å². The molecule has 0 bridgehead atoms. The van der Waals surface area contributed by atoms with E-state index in [9.17, 15) is 0 Å². The topological polar surface area (TPSA) is 9.23 Å². The highest BCUT2D eigenvalue weighted by Crippen LogP contribution is 1.86. The van der Waals surface area contributed by atoms with Crippen LogP contribution in [0.4, 0.5) is 0 Å². The normalized spacial score (nSPS) is 9.89. The van der Waals surface area contributed by atoms with Gasteiger partial charge in [0, 0.05) is 0 Å². The van der Waals surface area contributed by atoms with E-state index < -0.39 is 0 Å². The maximum atomic E-state index is 4.89. The molecule has 0 spiro atoms. The van der Waals surface area contributed by atoms with E-state index in [0.717, 1.165) is 19.4 Å². The number of ether oxygens (including phenoxy) is 1. The predicted octanol–water partition coefficient (Wildman–Crippen LogP) is 2.50. The summed E-state index contributed by atoms with van der Waals surface area (Å²) in [6.07, 6.45) is 7.81. The van der Waals surface area contributed by atoms with Crippen LogP contribution in [0.3, 0.4) is 0 Å². The number of hydrogen-bond acceptors (Lipinski definition) is 1. The Hall–Kier alpha value is -0.720. The lowest BCUT2D eigenvalue weighted by Crippen LogP contribution is -1.81. The molecule has 0 aliphatic carbocycles. The molecular formula is C8H14O. The van der Waals surface area contributed by atoms with E-state index in [2.05, 4.69) is 25.7 Å². The fourth-order valence-corrected chi connectivity index (χ4v) is 0.504. The summed E-state index contributed by atoms with van der Waals surface area (Å²) in [6.45, 7) is 6.30. The zero-order valence-corrected chi connectivity index (χ0v) is 5.97. The van der Waals surface area contributed by atoms with E-state index in [0.29, 0.717) is 0 Å². The lowest BCUT2D eigenvalue weighted by molar-refractivity contribution is 0.257. The second-order valence-corrected chi connectivity index (χ2v) is 1.71. The van der Waals surface area contributed by atoms with Crippen LogP contribution in [0.1, 0.15) is 19.8 Å². The van der Waals surface area contributed by atoms with Crippen LogP contribution in [0.15, 0.2) is 25.0 Å². The zero-order chi connectivity index (χ0) is 6.95. The zero-order valence-electron chi connectivity index (χ0n) is 5.97. The molecule has 0 saturated carbocycles. The van der Waals surface area contributed by atoms with Crippen molar-refractivity contribution in [3.05, 3.63) is 25.0 Å². The summed E-state index contributed by atoms with van der Waals surface area (Å²) in [6, 6.07) is 0. The number of rotatable bonds is 5. The number of allylic oxidation sites excluding steroid dienone is 1. The van der Waals surface area contributed by atoms with Crippen LogP contribution in [0, 0.1) is 0 Å². The molecule has 1 heteroatoms. The predicted molar refractivity (Wildman–Crippen MR) is 40.2 cm³/mol. The maximum Gasteiger partial charge on any atom is 0.0907 e. The summed E-state index contributed by atoms with van der Waals surface area (Å²) in [5.41, 5.74) is 0. The van der Waals surface area contributed by atoms with Crippen LogP contribution in [0.2, 0.25) is 0 Å². The molecule has 52 valence electrons. The van der Waals surface area contributed by atoms with E-state index in [4.69, 9.17) is 4.74 Å². The molecule has 9 heavy (non-hydrogen) atoms. The van der Waals surface area contributed by atoms with E-state index in [1.807, 2.05) is 0 Å². The van der Waals surface area contributed by atoms with E-state index in [1.165, 1.54) is 6.26 Å². The second-order valence-electron chi connectivity index (χ2n) is 1.71. The van der Waals surface area contributed by atoms with Crippen LogP contribution >= 0.6 is 0 Å². The Balaban J connectivity index is 2.90. The summed E-state index contributed by atoms with van der Waals surface area (Å²) < 4.78 is 4.89. The second kappa shape index (κ2) is 7.28. The summed E-state index contributed by atoms with van der Waals surface area (Å²) in [5.74, 6) is 0. The molecule has 0 unspecified atom stereocenters. The first-order valence-electron chi connectivity index (χ1n) is 3.29. The molecule has 0 aliphatic rings. The smallest absolute Gasteiger partial charge is 0.0907 e. The van der Waals surface area contributed by atoms with Crippen molar-refractivity contribution in [1.29, 1.82) is 0 Å². The van der Waals surface area contributed by atoms with Gasteiger partial charge in [0.05, 0.1) is 12.9 Å². The van der Waals surface area contributed by atoms with Gasteiger partial charge in [0.2, 0.25) is 0 Å². The first-order chi connectivity index (χ1) is 4.41. The number of hydrogen-bond donors (Lipinski definition) is 0. The molecule has 0 heterocycles. The van der Waals surface area contributed by atoms with E-state index in [1.54, 1.807) is 0 Å². The molecule has 0 aromatic rings. The minimum absolute atomic E-state index is 0.750. The Morgan fingerprint density at radius 2 is 2.22 bits per heavy atom. The van der Waals surface area contributed by atoms with Gasteiger partial charge in [-0.1, -0.05) is 25.7 Å². The summed E-state index contributed by atoms with van der Waals surface area (Å²) in [5, 5.41) is 0. The van der Waals surface area contributed by atoms with E-state index in [-0.39, 0.29) is 0 Å². The molecule has 0 aliphatic heterocycles. The first-order valence-corrected chi connectivity index (χ1v) is 3.29. The minimum atomic E-state index is 0.750. The average molecular weight is 126 g/mol. The molecular weight excluding hydrogens is 112 g/mol. The van der Waals surface area contributed by atoms with Crippen LogP contribution in [-0.2, 0) is 4.74 Å². The standard InChI is InChI=1S/C8H14O/c1-3-5-6-7-8-9-4-2/h4-6H,2-3,7-8H2,1H3/b6-5-. The quantitative estimate of drug-likeness (QED) is 0.312. The molecule has 0 aromatic carbocycles. The fraction of sp³-hybridized carbons (Fsp3) is 0.500. The Kier molecular flexibility index (Phi) is 6.70. The van der Waals surface area contributed by atoms with Gasteiger partial charge in [-0.15, -0.1) is 0 Å². The van der Waals surface area contributed by atoms with Gasteiger partial charge in [-0.3, -0.25) is 0 Å². The third-order valence-electron chi connectivity index (χ3n) is 0.923. The van der Waals surface area contributed by atoms with Gasteiger partial charge in [-0.25, -0.2) is 0 Å². The van der Waals surface area contributed by atoms with Crippen molar-refractivity contribution in [3.63, 3.8) is 0 Å². The average Bonchev–Trinajstić information content (AvgIpc) is 1.89. The van der Waals surface area contributed by atoms with Crippen molar-refractivity contribution >= 4 is 0 Å². The van der Waals surface area contributed by atoms with Crippen molar-refractivity contribution in [2.75, 3.05) is 6.61 Å². The van der Waals surface area contributed by atoms with Crippen molar-refractivity contribution in [2.45, 2.75) is 19.8 Å². The van der Waals surface area contributed by atoms with Crippen LogP contribution in [-0.4, -0.2) is 6.61 Å². The van der Waals surface area contributed by atoms with Gasteiger partial charge in [0.25, 0.3) is 0 Å². The molecule has 0 N–H and O–H groups in total. The lowest BCUT2D eigenvalue weighted by atomic mass is 10.3. The third-order valence-corrected chi connectivity index (χ3v) is 0.923. The van der Waals surface area contributed by atoms with Crippen LogP contribution in [0.25, 0.3) is 0 Å². The van der Waals surface area contributed by atoms with Crippen molar-refractivity contribution in [1.82, 2.24) is 0 Å². The lowest BCUT2D eigenvalue weighted by Gasteiger charge is -1.92. The maximum absolute atomic E-state index is 4.89. The molecule has 1 nitrogen and oxygen atoms in total. The van der Waals surface area contributed by atoms with Crippen LogP contribution < -0.4 is 0 Å². The van der Waals surface area contributed by atoms with E-state index >= 15 is 0 Å². The third kappa shape index (κ3) is 7.28. The molecule has 0 rings (SSSR count). The highest BCUT2D eigenvalue weighted by molar-refractivity contribution is 4.79. The Labute approximate surface area is 57.0 Å². The molecule has 0 saturated heterocycles. The van der Waals surface area contributed by atoms with Gasteiger partial charge in [-0.2, -0.15) is 0 Å². The summed E-state index contributed by atoms with van der Waals surface area (Å²) >= 11 is 0. The molecule has 0 radical (unpaired) electrons. The highest BCUT2D eigenvalue weighted by atomic mass is 16.5. The Morgan fingerprint density at radius 1 is 1.44 bits per heavy atom. The monoisotopic (exact) mass is 126 g/mol. The van der Waals surface area contributed by atoms with Gasteiger partial charge in [0.15, 0.2) is 0 Å². The van der Waals surface area contributed by atoms with Crippen molar-refractivity contribution < 1.29 is 4.74 Å². The minimum Gasteiger partial charge on any atom is -0.501 e. The summed E-state index contributed by atoms with van der Waals surface area (Å²) in [4.78, 5) is 0. The summed E-state index contributed by atoms with van der Waals surface area (Å²) in [7, 11) is 0. The van der Waals surface area contributed by atoms with Crippen molar-refractivity contribution in [2.24, 2.45) is 0 Å².